The number of nitrogens with zero attached hydrogens (tertiary/aromatic N) is 1. The Morgan fingerprint density at radius 3 is 2.41 bits per heavy atom. The fraction of sp³-hybridized carbons (Fsp3) is 0.176. The Morgan fingerprint density at radius 1 is 1.09 bits per heavy atom. The molecular weight excluding hydrogens is 312 g/mol. The first-order chi connectivity index (χ1) is 10.8. The molecule has 0 aromatic heterocycles. The Labute approximate surface area is 138 Å². The fourth-order valence-corrected chi connectivity index (χ4v) is 3.89. The highest BCUT2D eigenvalue weighted by Crippen LogP contribution is 2.35. The van der Waals surface area contributed by atoms with Crippen LogP contribution < -0.4 is 5.32 Å². The van der Waals surface area contributed by atoms with Gasteiger partial charge in [-0.15, -0.1) is 11.8 Å². The molecular formula is C17H16N2OS2. The largest absolute Gasteiger partial charge is 0.304 e. The van der Waals surface area contributed by atoms with Gasteiger partial charge in [-0.05, 0) is 17.7 Å². The molecule has 5 heteroatoms. The molecule has 2 aromatic rings. The highest BCUT2D eigenvalue weighted by Gasteiger charge is 2.23. The molecule has 2 aromatic carbocycles. The first-order valence-electron chi connectivity index (χ1n) is 7.08. The van der Waals surface area contributed by atoms with E-state index in [1.165, 1.54) is 0 Å². The van der Waals surface area contributed by atoms with Crippen LogP contribution in [0.3, 0.4) is 0 Å². The summed E-state index contributed by atoms with van der Waals surface area (Å²) < 4.78 is 0. The summed E-state index contributed by atoms with van der Waals surface area (Å²) in [6, 6.07) is 19.9. The summed E-state index contributed by atoms with van der Waals surface area (Å²) in [6.45, 7) is 0.780. The normalized spacial score (nSPS) is 15.2. The van der Waals surface area contributed by atoms with E-state index in [1.54, 1.807) is 23.5 Å². The van der Waals surface area contributed by atoms with Crippen LogP contribution in [0.2, 0.25) is 0 Å². The number of hydrogen-bond donors (Lipinski definition) is 1. The van der Waals surface area contributed by atoms with E-state index in [1.807, 2.05) is 60.7 Å². The number of hydrogen-bond acceptors (Lipinski definition) is 4. The van der Waals surface area contributed by atoms with Crippen LogP contribution in [0, 0.1) is 0 Å². The summed E-state index contributed by atoms with van der Waals surface area (Å²) in [4.78, 5) is 18.1. The second kappa shape index (κ2) is 7.51. The molecule has 0 fully saturated rings. The minimum atomic E-state index is -0.285. The molecule has 0 spiro atoms. The number of thioether (sulfide) groups is 2. The molecule has 1 heterocycles. The number of aliphatic imine (C=N–C) groups is 1. The van der Waals surface area contributed by atoms with Crippen LogP contribution in [0.5, 0.6) is 0 Å². The van der Waals surface area contributed by atoms with Crippen molar-refractivity contribution in [2.45, 2.75) is 10.1 Å². The van der Waals surface area contributed by atoms with Gasteiger partial charge in [0.15, 0.2) is 5.17 Å². The maximum absolute atomic E-state index is 12.7. The Hall–Kier alpha value is -1.72. The minimum absolute atomic E-state index is 0.0202. The maximum atomic E-state index is 12.7. The van der Waals surface area contributed by atoms with Gasteiger partial charge < -0.3 is 5.32 Å². The van der Waals surface area contributed by atoms with Gasteiger partial charge in [-0.2, -0.15) is 0 Å². The zero-order valence-electron chi connectivity index (χ0n) is 11.9. The standard InChI is InChI=1S/C17H16N2OS2/c20-16(19-17-18-11-12-21-17)15(13-7-3-1-4-8-13)22-14-9-5-2-6-10-14/h1-10,15H,11-12H2,(H,18,19,20). The maximum Gasteiger partial charge on any atom is 0.243 e. The lowest BCUT2D eigenvalue weighted by atomic mass is 10.1. The third kappa shape index (κ3) is 3.93. The van der Waals surface area contributed by atoms with Crippen LogP contribution in [0.1, 0.15) is 10.8 Å². The van der Waals surface area contributed by atoms with Gasteiger partial charge in [0, 0.05) is 10.6 Å². The average molecular weight is 328 g/mol. The Kier molecular flexibility index (Phi) is 5.19. The van der Waals surface area contributed by atoms with Crippen molar-refractivity contribution in [3.05, 3.63) is 66.2 Å². The molecule has 3 rings (SSSR count). The molecule has 1 aliphatic heterocycles. The first-order valence-corrected chi connectivity index (χ1v) is 8.94. The van der Waals surface area contributed by atoms with Crippen molar-refractivity contribution in [2.24, 2.45) is 4.99 Å². The van der Waals surface area contributed by atoms with Gasteiger partial charge in [-0.1, -0.05) is 60.3 Å². The zero-order chi connectivity index (χ0) is 15.2. The van der Waals surface area contributed by atoms with E-state index in [-0.39, 0.29) is 11.2 Å². The quantitative estimate of drug-likeness (QED) is 0.869. The molecule has 1 aliphatic rings. The van der Waals surface area contributed by atoms with Gasteiger partial charge in [0.2, 0.25) is 5.91 Å². The summed E-state index contributed by atoms with van der Waals surface area (Å²) in [5.41, 5.74) is 0.998. The van der Waals surface area contributed by atoms with Gasteiger partial charge in [0.1, 0.15) is 5.25 Å². The molecule has 112 valence electrons. The van der Waals surface area contributed by atoms with Crippen molar-refractivity contribution < 1.29 is 4.79 Å². The topological polar surface area (TPSA) is 41.5 Å². The van der Waals surface area contributed by atoms with Gasteiger partial charge in [0.05, 0.1) is 6.54 Å². The van der Waals surface area contributed by atoms with Crippen molar-refractivity contribution in [3.8, 4) is 0 Å². The molecule has 22 heavy (non-hydrogen) atoms. The number of carbonyl (C=O) groups is 1. The Morgan fingerprint density at radius 2 is 1.77 bits per heavy atom. The molecule has 0 bridgehead atoms. The number of amidine groups is 1. The summed E-state index contributed by atoms with van der Waals surface area (Å²) in [5, 5.41) is 3.40. The molecule has 1 unspecified atom stereocenters. The van der Waals surface area contributed by atoms with Crippen LogP contribution in [0.25, 0.3) is 0 Å². The highest BCUT2D eigenvalue weighted by molar-refractivity contribution is 8.14. The lowest BCUT2D eigenvalue weighted by Gasteiger charge is -2.16. The lowest BCUT2D eigenvalue weighted by molar-refractivity contribution is -0.119. The fourth-order valence-electron chi connectivity index (χ4n) is 2.12. The minimum Gasteiger partial charge on any atom is -0.304 e. The summed E-state index contributed by atoms with van der Waals surface area (Å²) in [5.74, 6) is 0.922. The van der Waals surface area contributed by atoms with Crippen molar-refractivity contribution in [2.75, 3.05) is 12.3 Å². The average Bonchev–Trinajstić information content (AvgIpc) is 3.07. The van der Waals surface area contributed by atoms with Crippen molar-refractivity contribution in [3.63, 3.8) is 0 Å². The van der Waals surface area contributed by atoms with Crippen LogP contribution in [-0.4, -0.2) is 23.4 Å². The van der Waals surface area contributed by atoms with Crippen LogP contribution >= 0.6 is 23.5 Å². The van der Waals surface area contributed by atoms with E-state index >= 15 is 0 Å². The molecule has 1 N–H and O–H groups in total. The molecule has 1 atom stereocenters. The second-order valence-corrected chi connectivity index (χ2v) is 7.01. The van der Waals surface area contributed by atoms with E-state index in [4.69, 9.17) is 0 Å². The number of nitrogens with one attached hydrogen (secondary N) is 1. The van der Waals surface area contributed by atoms with E-state index in [0.29, 0.717) is 0 Å². The van der Waals surface area contributed by atoms with Gasteiger partial charge in [0.25, 0.3) is 0 Å². The number of rotatable bonds is 4. The van der Waals surface area contributed by atoms with Crippen molar-refractivity contribution >= 4 is 34.6 Å². The van der Waals surface area contributed by atoms with E-state index in [9.17, 15) is 4.79 Å². The predicted octanol–water partition coefficient (Wildman–Crippen LogP) is 3.74. The zero-order valence-corrected chi connectivity index (χ0v) is 13.6. The molecule has 0 saturated carbocycles. The summed E-state index contributed by atoms with van der Waals surface area (Å²) >= 11 is 3.16. The van der Waals surface area contributed by atoms with Crippen molar-refractivity contribution in [1.29, 1.82) is 0 Å². The number of benzene rings is 2. The number of carbonyl (C=O) groups excluding carboxylic acids is 1. The molecule has 3 nitrogen and oxygen atoms in total. The first kappa shape index (κ1) is 15.2. The Bertz CT molecular complexity index is 659. The predicted molar refractivity (Wildman–Crippen MR) is 94.4 cm³/mol. The lowest BCUT2D eigenvalue weighted by Crippen LogP contribution is -2.31. The molecule has 0 saturated heterocycles. The molecule has 0 aliphatic carbocycles. The smallest absolute Gasteiger partial charge is 0.243 e. The van der Waals surface area contributed by atoms with Crippen LogP contribution in [-0.2, 0) is 4.79 Å². The van der Waals surface area contributed by atoms with E-state index < -0.39 is 0 Å². The molecule has 1 amide bonds. The van der Waals surface area contributed by atoms with Gasteiger partial charge >= 0.3 is 0 Å². The Balaban J connectivity index is 1.81. The second-order valence-electron chi connectivity index (χ2n) is 4.75. The monoisotopic (exact) mass is 328 g/mol. The third-order valence-electron chi connectivity index (χ3n) is 3.15. The summed E-state index contributed by atoms with van der Waals surface area (Å²) in [6.07, 6.45) is 0. The van der Waals surface area contributed by atoms with E-state index in [2.05, 4.69) is 10.3 Å². The van der Waals surface area contributed by atoms with Gasteiger partial charge in [-0.3, -0.25) is 9.79 Å². The van der Waals surface area contributed by atoms with E-state index in [0.717, 1.165) is 27.9 Å². The molecule has 0 radical (unpaired) electrons. The van der Waals surface area contributed by atoms with Crippen LogP contribution in [0.15, 0.2) is 70.6 Å². The SMILES string of the molecule is O=C(NC1=NCCS1)C(Sc1ccccc1)c1ccccc1. The van der Waals surface area contributed by atoms with Crippen molar-refractivity contribution in [1.82, 2.24) is 5.32 Å². The highest BCUT2D eigenvalue weighted by atomic mass is 32.2. The van der Waals surface area contributed by atoms with Crippen LogP contribution in [0.4, 0.5) is 0 Å². The number of amides is 1. The third-order valence-corrected chi connectivity index (χ3v) is 5.31. The summed E-state index contributed by atoms with van der Waals surface area (Å²) in [7, 11) is 0. The van der Waals surface area contributed by atoms with Gasteiger partial charge in [-0.25, -0.2) is 0 Å².